The van der Waals surface area contributed by atoms with E-state index in [0.29, 0.717) is 29.8 Å². The monoisotopic (exact) mass is 728 g/mol. The highest BCUT2D eigenvalue weighted by atomic mass is 15.2. The van der Waals surface area contributed by atoms with Gasteiger partial charge < -0.3 is 9.47 Å². The lowest BCUT2D eigenvalue weighted by atomic mass is 9.82. The van der Waals surface area contributed by atoms with Crippen LogP contribution in [0, 0.1) is 5.92 Å². The van der Waals surface area contributed by atoms with Gasteiger partial charge in [0.05, 0.1) is 17.1 Å². The van der Waals surface area contributed by atoms with Crippen LogP contribution in [0.3, 0.4) is 0 Å². The molecule has 11 rings (SSSR count). The highest BCUT2D eigenvalue weighted by Crippen LogP contribution is 2.48. The molecule has 0 amide bonds. The van der Waals surface area contributed by atoms with E-state index < -0.39 is 0 Å². The first-order chi connectivity index (χ1) is 27.8. The summed E-state index contributed by atoms with van der Waals surface area (Å²) < 4.78 is 2.53. The van der Waals surface area contributed by atoms with Crippen molar-refractivity contribution >= 4 is 27.4 Å². The van der Waals surface area contributed by atoms with Crippen molar-refractivity contribution in [3.63, 3.8) is 0 Å². The second-order valence-corrected chi connectivity index (χ2v) is 17.2. The molecule has 0 fully saturated rings. The number of fused-ring (bicyclic) bond motifs is 5. The van der Waals surface area contributed by atoms with E-state index >= 15 is 0 Å². The second-order valence-electron chi connectivity index (χ2n) is 17.2. The van der Waals surface area contributed by atoms with E-state index in [-0.39, 0.29) is 0 Å². The van der Waals surface area contributed by atoms with Crippen LogP contribution in [-0.2, 0) is 0 Å². The number of nitrogens with zero attached hydrogens (tertiary/aromatic N) is 2. The molecule has 2 heterocycles. The number of rotatable bonds is 6. The first-order valence-corrected chi connectivity index (χ1v) is 21.6. The van der Waals surface area contributed by atoms with Crippen LogP contribution in [0.15, 0.2) is 163 Å². The van der Waals surface area contributed by atoms with Gasteiger partial charge >= 0.3 is 0 Å². The fourth-order valence-corrected chi connectivity index (χ4v) is 11.1. The summed E-state index contributed by atoms with van der Waals surface area (Å²) in [5.41, 5.74) is 15.3. The summed E-state index contributed by atoms with van der Waals surface area (Å²) in [6, 6.07) is 34.0. The zero-order valence-corrected chi connectivity index (χ0v) is 32.5. The summed E-state index contributed by atoms with van der Waals surface area (Å²) in [5.74, 6) is 1.37. The maximum absolute atomic E-state index is 2.83. The predicted molar refractivity (Wildman–Crippen MR) is 236 cm³/mol. The second kappa shape index (κ2) is 14.3. The molecular formula is C54H52N2. The van der Waals surface area contributed by atoms with Gasteiger partial charge in [0.15, 0.2) is 0 Å². The Morgan fingerprint density at radius 1 is 0.571 bits per heavy atom. The van der Waals surface area contributed by atoms with Crippen LogP contribution in [0.2, 0.25) is 0 Å². The van der Waals surface area contributed by atoms with E-state index in [4.69, 9.17) is 0 Å². The van der Waals surface area contributed by atoms with E-state index in [2.05, 4.69) is 161 Å². The Morgan fingerprint density at radius 3 is 2.25 bits per heavy atom. The molecule has 278 valence electrons. The average molecular weight is 729 g/mol. The van der Waals surface area contributed by atoms with Gasteiger partial charge in [0, 0.05) is 46.0 Å². The highest BCUT2D eigenvalue weighted by molar-refractivity contribution is 6.10. The van der Waals surface area contributed by atoms with Gasteiger partial charge in [0.2, 0.25) is 0 Å². The fourth-order valence-electron chi connectivity index (χ4n) is 11.1. The zero-order chi connectivity index (χ0) is 37.0. The molecule has 56 heavy (non-hydrogen) atoms. The smallest absolute Gasteiger partial charge is 0.0580 e. The Hall–Kier alpha value is -5.34. The SMILES string of the molecule is C1=CCC(c2cc(C3C=CCCC3)cc(-n3c4ccccc4c4cc(-c5cccc(C6=CC7C8=C(CCCC8)N(C8C=CCCC8)C7C=C6)c5)ccc43)c2)C=C1. The van der Waals surface area contributed by atoms with E-state index in [0.717, 1.165) is 6.42 Å². The molecule has 1 aliphatic heterocycles. The van der Waals surface area contributed by atoms with E-state index in [9.17, 15) is 0 Å². The summed E-state index contributed by atoms with van der Waals surface area (Å²) in [7, 11) is 0. The Balaban J connectivity index is 0.970. The van der Waals surface area contributed by atoms with Gasteiger partial charge in [-0.25, -0.2) is 0 Å². The van der Waals surface area contributed by atoms with Crippen molar-refractivity contribution in [2.24, 2.45) is 5.92 Å². The van der Waals surface area contributed by atoms with Crippen molar-refractivity contribution in [1.82, 2.24) is 9.47 Å². The van der Waals surface area contributed by atoms with Crippen LogP contribution in [0.4, 0.5) is 0 Å². The standard InChI is InChI=1S/C54H52N2/c1-4-15-37(16-5-1)43-32-44(38-17-6-2-7-18-38)34-46(33-43)56-52-26-13-11-24-48(52)50-36-42(28-30-54(50)56)40-20-14-19-39(31-40)41-27-29-53-49(35-41)47-23-10-12-25-51(47)55(53)45-21-8-3-9-22-45/h1,4-6,8,11,13-15,17,19-21,24,26-38,45,49,53H,2-3,7,9-10,12,16,18,22-23,25H2. The minimum atomic E-state index is 0.404. The molecule has 0 saturated heterocycles. The Morgan fingerprint density at radius 2 is 1.39 bits per heavy atom. The first-order valence-electron chi connectivity index (χ1n) is 21.6. The summed E-state index contributed by atoms with van der Waals surface area (Å²) in [6.45, 7) is 0. The molecule has 2 nitrogen and oxygen atoms in total. The molecule has 4 aromatic carbocycles. The Bertz CT molecular complexity index is 2540. The molecule has 5 aliphatic carbocycles. The van der Waals surface area contributed by atoms with Gasteiger partial charge in [-0.05, 0) is 146 Å². The maximum Gasteiger partial charge on any atom is 0.0580 e. The molecular weight excluding hydrogens is 677 g/mol. The number of allylic oxidation sites excluding steroid dienone is 10. The van der Waals surface area contributed by atoms with E-state index in [1.165, 1.54) is 125 Å². The van der Waals surface area contributed by atoms with Gasteiger partial charge in [-0.2, -0.15) is 0 Å². The largest absolute Gasteiger partial charge is 0.361 e. The summed E-state index contributed by atoms with van der Waals surface area (Å²) in [6.07, 6.45) is 40.2. The normalized spacial score (nSPS) is 25.6. The van der Waals surface area contributed by atoms with Gasteiger partial charge in [0.25, 0.3) is 0 Å². The third-order valence-corrected chi connectivity index (χ3v) is 13.8. The van der Waals surface area contributed by atoms with Crippen molar-refractivity contribution in [2.75, 3.05) is 0 Å². The molecule has 0 spiro atoms. The predicted octanol–water partition coefficient (Wildman–Crippen LogP) is 14.1. The summed E-state index contributed by atoms with van der Waals surface area (Å²) in [4.78, 5) is 2.83. The van der Waals surface area contributed by atoms with Gasteiger partial charge in [0.1, 0.15) is 0 Å². The quantitative estimate of drug-likeness (QED) is 0.158. The third kappa shape index (κ3) is 5.92. The zero-order valence-electron chi connectivity index (χ0n) is 32.5. The minimum absolute atomic E-state index is 0.404. The van der Waals surface area contributed by atoms with Crippen molar-refractivity contribution < 1.29 is 0 Å². The van der Waals surface area contributed by atoms with Crippen LogP contribution < -0.4 is 0 Å². The van der Waals surface area contributed by atoms with Crippen LogP contribution in [-0.4, -0.2) is 21.6 Å². The first kappa shape index (κ1) is 34.0. The van der Waals surface area contributed by atoms with Crippen LogP contribution in [0.5, 0.6) is 0 Å². The lowest BCUT2D eigenvalue weighted by Gasteiger charge is -2.38. The number of benzene rings is 4. The van der Waals surface area contributed by atoms with Crippen LogP contribution >= 0.6 is 0 Å². The molecule has 5 atom stereocenters. The minimum Gasteiger partial charge on any atom is -0.361 e. The summed E-state index contributed by atoms with van der Waals surface area (Å²) >= 11 is 0. The lowest BCUT2D eigenvalue weighted by Crippen LogP contribution is -2.40. The third-order valence-electron chi connectivity index (χ3n) is 13.8. The van der Waals surface area contributed by atoms with Gasteiger partial charge in [-0.1, -0.05) is 115 Å². The Kier molecular flexibility index (Phi) is 8.67. The fraction of sp³-hybridized carbons (Fsp3) is 0.296. The molecule has 1 aromatic heterocycles. The Labute approximate surface area is 332 Å². The number of para-hydroxylation sites is 1. The number of hydrogen-bond donors (Lipinski definition) is 0. The topological polar surface area (TPSA) is 8.17 Å². The molecule has 5 unspecified atom stereocenters. The van der Waals surface area contributed by atoms with Crippen molar-refractivity contribution in [2.45, 2.75) is 94.5 Å². The van der Waals surface area contributed by atoms with Crippen molar-refractivity contribution in [3.05, 3.63) is 180 Å². The summed E-state index contributed by atoms with van der Waals surface area (Å²) in [5, 5.41) is 2.62. The van der Waals surface area contributed by atoms with Crippen LogP contribution in [0.25, 0.3) is 44.2 Å². The molecule has 0 radical (unpaired) electrons. The van der Waals surface area contributed by atoms with Gasteiger partial charge in [-0.3, -0.25) is 0 Å². The molecule has 0 saturated carbocycles. The maximum atomic E-state index is 2.83. The van der Waals surface area contributed by atoms with Crippen molar-refractivity contribution in [3.8, 4) is 16.8 Å². The van der Waals surface area contributed by atoms with Crippen LogP contribution in [0.1, 0.15) is 99.2 Å². The average Bonchev–Trinajstić information content (AvgIpc) is 3.79. The highest BCUT2D eigenvalue weighted by Gasteiger charge is 2.42. The molecule has 5 aromatic rings. The van der Waals surface area contributed by atoms with E-state index in [1.807, 2.05) is 0 Å². The van der Waals surface area contributed by atoms with E-state index in [1.54, 1.807) is 11.3 Å². The van der Waals surface area contributed by atoms with Gasteiger partial charge in [-0.15, -0.1) is 0 Å². The number of aromatic nitrogens is 1. The molecule has 0 bridgehead atoms. The molecule has 0 N–H and O–H groups in total. The van der Waals surface area contributed by atoms with Crippen molar-refractivity contribution in [1.29, 1.82) is 0 Å². The lowest BCUT2D eigenvalue weighted by molar-refractivity contribution is 0.228. The molecule has 2 heteroatoms. The number of hydrogen-bond acceptors (Lipinski definition) is 1. The molecule has 6 aliphatic rings.